The monoisotopic (exact) mass is 384 g/mol. The second-order valence-electron chi connectivity index (χ2n) is 5.26. The zero-order chi connectivity index (χ0) is 13.8. The van der Waals surface area contributed by atoms with Gasteiger partial charge in [0.25, 0.3) is 0 Å². The number of alkyl halides is 1. The highest BCUT2D eigenvalue weighted by Gasteiger charge is 2.11. The summed E-state index contributed by atoms with van der Waals surface area (Å²) in [4.78, 5) is 0. The largest absolute Gasteiger partial charge is 0.113 e. The summed E-state index contributed by atoms with van der Waals surface area (Å²) < 4.78 is 1.22. The van der Waals surface area contributed by atoms with Crippen molar-refractivity contribution >= 4 is 34.2 Å². The Bertz CT molecular complexity index is 531. The van der Waals surface area contributed by atoms with E-state index in [1.54, 1.807) is 0 Å². The van der Waals surface area contributed by atoms with Gasteiger partial charge in [-0.3, -0.25) is 0 Å². The smallest absolute Gasteiger partial charge is 0.0835 e. The van der Waals surface area contributed by atoms with Crippen LogP contribution in [0.4, 0.5) is 0 Å². The van der Waals surface area contributed by atoms with Crippen LogP contribution in [0, 0.1) is 9.49 Å². The summed E-state index contributed by atoms with van der Waals surface area (Å²) in [6.45, 7) is 4.48. The first kappa shape index (κ1) is 14.9. The maximum atomic E-state index is 6.56. The SMILES string of the molecule is CC(C)Cc1ccc(C(Cl)c2cccc(I)c2)cc1. The minimum absolute atomic E-state index is 0.0668. The van der Waals surface area contributed by atoms with Gasteiger partial charge in [0.15, 0.2) is 0 Å². The summed E-state index contributed by atoms with van der Waals surface area (Å²) in [7, 11) is 0. The molecule has 19 heavy (non-hydrogen) atoms. The summed E-state index contributed by atoms with van der Waals surface area (Å²) in [5.74, 6) is 0.688. The molecule has 0 saturated heterocycles. The van der Waals surface area contributed by atoms with Crippen molar-refractivity contribution in [3.05, 3.63) is 68.8 Å². The molecule has 2 aromatic rings. The van der Waals surface area contributed by atoms with Crippen molar-refractivity contribution < 1.29 is 0 Å². The first-order chi connectivity index (χ1) is 9.06. The lowest BCUT2D eigenvalue weighted by Gasteiger charge is -2.12. The molecule has 1 unspecified atom stereocenters. The second kappa shape index (κ2) is 6.76. The van der Waals surface area contributed by atoms with E-state index in [2.05, 4.69) is 85.0 Å². The fraction of sp³-hybridized carbons (Fsp3) is 0.294. The Morgan fingerprint density at radius 3 is 2.26 bits per heavy atom. The van der Waals surface area contributed by atoms with Gasteiger partial charge in [-0.1, -0.05) is 50.2 Å². The maximum Gasteiger partial charge on any atom is 0.0835 e. The summed E-state index contributed by atoms with van der Waals surface area (Å²) in [6, 6.07) is 17.0. The van der Waals surface area contributed by atoms with E-state index in [0.717, 1.165) is 17.5 Å². The molecule has 0 spiro atoms. The van der Waals surface area contributed by atoms with E-state index in [1.807, 2.05) is 0 Å². The van der Waals surface area contributed by atoms with E-state index in [4.69, 9.17) is 11.6 Å². The minimum Gasteiger partial charge on any atom is -0.113 e. The molecule has 2 aromatic carbocycles. The molecule has 0 aliphatic carbocycles. The molecule has 0 bridgehead atoms. The van der Waals surface area contributed by atoms with Gasteiger partial charge in [-0.2, -0.15) is 0 Å². The lowest BCUT2D eigenvalue weighted by Crippen LogP contribution is -1.97. The van der Waals surface area contributed by atoms with Crippen LogP contribution in [0.5, 0.6) is 0 Å². The van der Waals surface area contributed by atoms with Crippen LogP contribution in [0.25, 0.3) is 0 Å². The van der Waals surface area contributed by atoms with Gasteiger partial charge < -0.3 is 0 Å². The first-order valence-electron chi connectivity index (χ1n) is 6.54. The van der Waals surface area contributed by atoms with Crippen molar-refractivity contribution in [3.8, 4) is 0 Å². The van der Waals surface area contributed by atoms with Gasteiger partial charge in [-0.05, 0) is 63.8 Å². The third kappa shape index (κ3) is 4.22. The van der Waals surface area contributed by atoms with E-state index in [1.165, 1.54) is 9.13 Å². The molecular weight excluding hydrogens is 367 g/mol. The lowest BCUT2D eigenvalue weighted by atomic mass is 9.99. The van der Waals surface area contributed by atoms with E-state index >= 15 is 0 Å². The number of halogens is 2. The Kier molecular flexibility index (Phi) is 5.28. The van der Waals surface area contributed by atoms with Crippen molar-refractivity contribution in [3.63, 3.8) is 0 Å². The Balaban J connectivity index is 2.17. The molecule has 0 aliphatic rings. The summed E-state index contributed by atoms with van der Waals surface area (Å²) in [5, 5.41) is -0.0668. The molecule has 0 aromatic heterocycles. The van der Waals surface area contributed by atoms with E-state index < -0.39 is 0 Å². The van der Waals surface area contributed by atoms with Crippen molar-refractivity contribution in [1.29, 1.82) is 0 Å². The van der Waals surface area contributed by atoms with E-state index in [-0.39, 0.29) is 5.38 Å². The number of benzene rings is 2. The van der Waals surface area contributed by atoms with Crippen LogP contribution in [0.15, 0.2) is 48.5 Å². The molecule has 0 saturated carbocycles. The van der Waals surface area contributed by atoms with Gasteiger partial charge in [0.1, 0.15) is 0 Å². The van der Waals surface area contributed by atoms with Crippen molar-refractivity contribution in [2.75, 3.05) is 0 Å². The van der Waals surface area contributed by atoms with Crippen LogP contribution in [0.2, 0.25) is 0 Å². The predicted octanol–water partition coefficient (Wildman–Crippen LogP) is 5.82. The normalized spacial score (nSPS) is 12.7. The molecule has 1 atom stereocenters. The molecule has 2 rings (SSSR count). The predicted molar refractivity (Wildman–Crippen MR) is 91.8 cm³/mol. The average Bonchev–Trinajstić information content (AvgIpc) is 2.38. The molecule has 0 fully saturated rings. The summed E-state index contributed by atoms with van der Waals surface area (Å²) >= 11 is 8.88. The zero-order valence-corrected chi connectivity index (χ0v) is 14.1. The van der Waals surface area contributed by atoms with Crippen molar-refractivity contribution in [2.45, 2.75) is 25.6 Å². The quantitative estimate of drug-likeness (QED) is 0.460. The molecule has 0 radical (unpaired) electrons. The van der Waals surface area contributed by atoms with Gasteiger partial charge in [-0.25, -0.2) is 0 Å². The van der Waals surface area contributed by atoms with E-state index in [9.17, 15) is 0 Å². The van der Waals surface area contributed by atoms with Crippen LogP contribution in [0.1, 0.15) is 35.9 Å². The average molecular weight is 385 g/mol. The van der Waals surface area contributed by atoms with E-state index in [0.29, 0.717) is 5.92 Å². The Labute approximate surface area is 134 Å². The molecule has 0 heterocycles. The highest BCUT2D eigenvalue weighted by Crippen LogP contribution is 2.29. The third-order valence-electron chi connectivity index (χ3n) is 3.06. The van der Waals surface area contributed by atoms with Gasteiger partial charge in [0.05, 0.1) is 5.38 Å². The van der Waals surface area contributed by atoms with Gasteiger partial charge in [-0.15, -0.1) is 11.6 Å². The van der Waals surface area contributed by atoms with Gasteiger partial charge in [0.2, 0.25) is 0 Å². The Morgan fingerprint density at radius 2 is 1.68 bits per heavy atom. The van der Waals surface area contributed by atoms with Crippen LogP contribution in [-0.4, -0.2) is 0 Å². The lowest BCUT2D eigenvalue weighted by molar-refractivity contribution is 0.647. The highest BCUT2D eigenvalue weighted by molar-refractivity contribution is 14.1. The van der Waals surface area contributed by atoms with Crippen LogP contribution in [-0.2, 0) is 6.42 Å². The highest BCUT2D eigenvalue weighted by atomic mass is 127. The summed E-state index contributed by atoms with van der Waals surface area (Å²) in [5.41, 5.74) is 3.70. The van der Waals surface area contributed by atoms with Crippen LogP contribution < -0.4 is 0 Å². The molecule has 0 N–H and O–H groups in total. The molecule has 2 heteroatoms. The van der Waals surface area contributed by atoms with Gasteiger partial charge >= 0.3 is 0 Å². The number of rotatable bonds is 4. The molecule has 100 valence electrons. The molecule has 0 aliphatic heterocycles. The first-order valence-corrected chi connectivity index (χ1v) is 8.06. The Hall–Kier alpha value is -0.540. The number of hydrogen-bond acceptors (Lipinski definition) is 0. The van der Waals surface area contributed by atoms with Crippen molar-refractivity contribution in [2.24, 2.45) is 5.92 Å². The van der Waals surface area contributed by atoms with Crippen LogP contribution in [0.3, 0.4) is 0 Å². The molecule has 0 amide bonds. The van der Waals surface area contributed by atoms with Crippen molar-refractivity contribution in [1.82, 2.24) is 0 Å². The Morgan fingerprint density at radius 1 is 1.00 bits per heavy atom. The molecular formula is C17H18ClI. The minimum atomic E-state index is -0.0668. The third-order valence-corrected chi connectivity index (χ3v) is 4.23. The van der Waals surface area contributed by atoms with Crippen LogP contribution >= 0.6 is 34.2 Å². The maximum absolute atomic E-state index is 6.56. The fourth-order valence-corrected chi connectivity index (χ4v) is 3.00. The zero-order valence-electron chi connectivity index (χ0n) is 11.2. The second-order valence-corrected chi connectivity index (χ2v) is 6.94. The topological polar surface area (TPSA) is 0 Å². The molecule has 0 nitrogen and oxygen atoms in total. The summed E-state index contributed by atoms with van der Waals surface area (Å²) in [6.07, 6.45) is 1.12. The number of hydrogen-bond donors (Lipinski definition) is 0. The standard InChI is InChI=1S/C17H18ClI/c1-12(2)10-13-6-8-14(9-7-13)17(18)15-4-3-5-16(19)11-15/h3-9,11-12,17H,10H2,1-2H3. The fourth-order valence-electron chi connectivity index (χ4n) is 2.15. The van der Waals surface area contributed by atoms with Gasteiger partial charge in [0, 0.05) is 3.57 Å².